The molecule has 6 aromatic heterocycles. The molecule has 0 amide bonds. The predicted molar refractivity (Wildman–Crippen MR) is 243 cm³/mol. The van der Waals surface area contributed by atoms with E-state index in [1.54, 1.807) is 58.7 Å². The molecule has 0 saturated heterocycles. The third-order valence-corrected chi connectivity index (χ3v) is 11.8. The number of fused-ring (bicyclic) bond motifs is 2. The van der Waals surface area contributed by atoms with Crippen LogP contribution in [0.25, 0.3) is 21.1 Å². The Morgan fingerprint density at radius 1 is 0.590 bits per heavy atom. The van der Waals surface area contributed by atoms with Crippen molar-refractivity contribution in [2.75, 3.05) is 0 Å². The maximum absolute atomic E-state index is 11.3. The Hall–Kier alpha value is -6.34. The number of hydrogen-bond acceptors (Lipinski definition) is 4. The van der Waals surface area contributed by atoms with E-state index in [-0.39, 0.29) is 11.4 Å². The number of aryl methyl sites for hydroxylation is 13. The molecule has 0 spiro atoms. The number of aromatic hydroxyl groups is 1. The molecule has 8 rings (SSSR count). The molecular formula is C48H67N9O3S+6. The smallest absolute Gasteiger partial charge is 0.497 e. The average molecular weight is 850 g/mol. The van der Waals surface area contributed by atoms with Gasteiger partial charge in [-0.25, -0.2) is 13.7 Å². The number of pyridine rings is 2. The second-order valence-electron chi connectivity index (χ2n) is 15.3. The molecule has 2 aromatic carbocycles. The monoisotopic (exact) mass is 850 g/mol. The summed E-state index contributed by atoms with van der Waals surface area (Å²) in [5.74, 6) is 0.356. The van der Waals surface area contributed by atoms with Gasteiger partial charge < -0.3 is 5.11 Å². The van der Waals surface area contributed by atoms with E-state index in [0.29, 0.717) is 5.75 Å². The zero-order chi connectivity index (χ0) is 45.7. The summed E-state index contributed by atoms with van der Waals surface area (Å²) in [6.07, 6.45) is 9.92. The van der Waals surface area contributed by atoms with E-state index < -0.39 is 0 Å². The quantitative estimate of drug-likeness (QED) is 0.234. The molecule has 0 fully saturated rings. The highest BCUT2D eigenvalue weighted by Crippen LogP contribution is 2.24. The van der Waals surface area contributed by atoms with Crippen molar-refractivity contribution in [2.45, 2.75) is 48.5 Å². The van der Waals surface area contributed by atoms with E-state index in [0.717, 1.165) is 33.5 Å². The van der Waals surface area contributed by atoms with Crippen LogP contribution in [0.1, 0.15) is 38.9 Å². The second kappa shape index (κ2) is 22.3. The molecular weight excluding hydrogens is 783 g/mol. The number of nitrogens with zero attached hydrogens (tertiary/aromatic N) is 9. The number of rotatable bonds is 0. The van der Waals surface area contributed by atoms with E-state index in [2.05, 4.69) is 79.4 Å². The first kappa shape index (κ1) is 49.0. The summed E-state index contributed by atoms with van der Waals surface area (Å²) in [5, 5.41) is 12.0. The summed E-state index contributed by atoms with van der Waals surface area (Å²) in [6.45, 7) is 14.0. The number of hydrogen-bond donors (Lipinski definition) is 1. The van der Waals surface area contributed by atoms with Crippen LogP contribution in [0.3, 0.4) is 0 Å². The molecule has 0 unspecified atom stereocenters. The highest BCUT2D eigenvalue weighted by atomic mass is 32.1. The zero-order valence-corrected chi connectivity index (χ0v) is 39.9. The number of phenolic OH excluding ortho intramolecular Hbond substituents is 1. The van der Waals surface area contributed by atoms with Crippen molar-refractivity contribution < 1.29 is 32.6 Å². The lowest BCUT2D eigenvalue weighted by Gasteiger charge is -1.99. The molecule has 1 N–H and O–H groups in total. The Kier molecular flexibility index (Phi) is 17.9. The Labute approximate surface area is 365 Å². The molecule has 0 aliphatic rings. The van der Waals surface area contributed by atoms with E-state index >= 15 is 0 Å². The summed E-state index contributed by atoms with van der Waals surface area (Å²) in [5.41, 5.74) is 8.94. The van der Waals surface area contributed by atoms with Crippen LogP contribution < -0.4 is 38.9 Å². The molecule has 12 nitrogen and oxygen atoms in total. The van der Waals surface area contributed by atoms with Crippen molar-refractivity contribution in [3.05, 3.63) is 170 Å². The summed E-state index contributed by atoms with van der Waals surface area (Å²) >= 11 is 1.84. The molecule has 0 radical (unpaired) electrons. The van der Waals surface area contributed by atoms with Crippen molar-refractivity contribution in [1.29, 1.82) is 0 Å². The fourth-order valence-electron chi connectivity index (χ4n) is 5.90. The molecule has 6 heterocycles. The van der Waals surface area contributed by atoms with Gasteiger partial charge in [0.1, 0.15) is 54.2 Å². The Bertz CT molecular complexity index is 2760. The molecule has 0 aliphatic heterocycles. The van der Waals surface area contributed by atoms with Crippen molar-refractivity contribution in [3.8, 4) is 5.75 Å². The largest absolute Gasteiger partial charge is 0.508 e. The number of benzene rings is 2. The number of para-hydroxylation sites is 1. The van der Waals surface area contributed by atoms with E-state index in [4.69, 9.17) is 0 Å². The highest BCUT2D eigenvalue weighted by molar-refractivity contribution is 7.18. The molecule has 61 heavy (non-hydrogen) atoms. The fourth-order valence-corrected chi connectivity index (χ4v) is 6.91. The number of thiazole rings is 1. The third-order valence-electron chi connectivity index (χ3n) is 10.7. The van der Waals surface area contributed by atoms with Crippen LogP contribution in [0.5, 0.6) is 5.75 Å². The van der Waals surface area contributed by atoms with Gasteiger partial charge in [0.15, 0.2) is 31.3 Å². The van der Waals surface area contributed by atoms with Crippen molar-refractivity contribution in [2.24, 2.45) is 63.4 Å². The van der Waals surface area contributed by atoms with Gasteiger partial charge in [0.05, 0.1) is 46.8 Å². The van der Waals surface area contributed by atoms with Crippen LogP contribution in [0.4, 0.5) is 0 Å². The van der Waals surface area contributed by atoms with Crippen molar-refractivity contribution >= 4 is 32.5 Å². The molecule has 0 atom stereocenters. The van der Waals surface area contributed by atoms with Gasteiger partial charge in [-0.2, -0.15) is 32.5 Å². The van der Waals surface area contributed by atoms with E-state index in [1.807, 2.05) is 136 Å². The molecule has 322 valence electrons. The maximum atomic E-state index is 11.3. The van der Waals surface area contributed by atoms with Crippen LogP contribution in [0.2, 0.25) is 0 Å². The van der Waals surface area contributed by atoms with Crippen LogP contribution in [-0.2, 0) is 63.4 Å². The summed E-state index contributed by atoms with van der Waals surface area (Å²) in [4.78, 5) is 22.5. The SMILES string of the molecule is Cc1c(O)ccc2c[n+](C)n(C)c12.Cc1cc(C)[n+](C)c(=O)n1C.Cc1cc[n+](C)c(=O)n1C.Cc1cc[n+](C)cc1.Cc1cccc[n+]1C.Cc1sc2ccccc2[n+]1C. The first-order chi connectivity index (χ1) is 28.7. The first-order valence-corrected chi connectivity index (χ1v) is 20.8. The van der Waals surface area contributed by atoms with Gasteiger partial charge in [-0.3, -0.25) is 0 Å². The van der Waals surface area contributed by atoms with Gasteiger partial charge in [0.2, 0.25) is 16.7 Å². The van der Waals surface area contributed by atoms with Gasteiger partial charge in [-0.15, -0.1) is 4.68 Å². The van der Waals surface area contributed by atoms with Crippen molar-refractivity contribution in [3.63, 3.8) is 0 Å². The first-order valence-electron chi connectivity index (χ1n) is 20.0. The Balaban J connectivity index is 0.000000197. The van der Waals surface area contributed by atoms with Gasteiger partial charge in [-0.1, -0.05) is 29.5 Å². The minimum atomic E-state index is 0.0139. The minimum Gasteiger partial charge on any atom is -0.508 e. The van der Waals surface area contributed by atoms with E-state index in [1.165, 1.54) is 26.5 Å². The molecule has 0 bridgehead atoms. The van der Waals surface area contributed by atoms with Gasteiger partial charge in [0.25, 0.3) is 0 Å². The van der Waals surface area contributed by atoms with Crippen LogP contribution in [0, 0.1) is 48.5 Å². The van der Waals surface area contributed by atoms with Crippen LogP contribution in [0.15, 0.2) is 119 Å². The average Bonchev–Trinajstić information content (AvgIpc) is 3.70. The second-order valence-corrected chi connectivity index (χ2v) is 16.5. The summed E-state index contributed by atoms with van der Waals surface area (Å²) in [6, 6.07) is 26.3. The Morgan fingerprint density at radius 3 is 1.75 bits per heavy atom. The molecule has 8 aromatic rings. The molecule has 13 heteroatoms. The van der Waals surface area contributed by atoms with Gasteiger partial charge in [-0.05, 0) is 58.4 Å². The fraction of sp³-hybridized carbons (Fsp3) is 0.333. The zero-order valence-electron chi connectivity index (χ0n) is 39.1. The number of phenols is 1. The summed E-state index contributed by atoms with van der Waals surface area (Å²) in [7, 11) is 17.2. The van der Waals surface area contributed by atoms with Crippen LogP contribution >= 0.6 is 11.3 Å². The van der Waals surface area contributed by atoms with Crippen molar-refractivity contribution in [1.82, 2.24) is 13.8 Å². The topological polar surface area (TPSA) is 92.4 Å². The third kappa shape index (κ3) is 13.3. The lowest BCUT2D eigenvalue weighted by atomic mass is 10.1. The number of aromatic nitrogens is 9. The predicted octanol–water partition coefficient (Wildman–Crippen LogP) is 4.03. The normalized spacial score (nSPS) is 10.2. The van der Waals surface area contributed by atoms with Crippen LogP contribution in [-0.4, -0.2) is 18.9 Å². The Morgan fingerprint density at radius 2 is 1.20 bits per heavy atom. The standard InChI is InChI=1S/C10H12N2O.C9H10NS.C8H13N2O.C7H11N2O.2C7H10N/c1-7-9(13)5-4-8-6-11(2)12(3)10(7)8;1-7-10(2)8-5-3-4-6-9(8)11-7;1-6-5-7(2)10(4)8(11)9(6)3;1-6-4-5-8(2)7(10)9(6)3;1-7-3-5-8(2)6-4-7;1-7-5-3-4-6-8(7)2/h4-6H,1-3H3;3-6H,1-2H3;5H,1-4H3;4-5H,1-3H3;2*3-6H,1-2H3/q;5*+1/p+1. The van der Waals surface area contributed by atoms with E-state index in [9.17, 15) is 14.7 Å². The lowest BCUT2D eigenvalue weighted by Crippen LogP contribution is -2.53. The highest BCUT2D eigenvalue weighted by Gasteiger charge is 2.13. The maximum Gasteiger partial charge on any atom is 0.497 e. The molecule has 0 saturated carbocycles. The summed E-state index contributed by atoms with van der Waals surface area (Å²) < 4.78 is 18.1. The minimum absolute atomic E-state index is 0.0139. The van der Waals surface area contributed by atoms with Gasteiger partial charge in [0, 0.05) is 61.9 Å². The molecule has 0 aliphatic carbocycles. The lowest BCUT2D eigenvalue weighted by molar-refractivity contribution is -0.748. The van der Waals surface area contributed by atoms with Gasteiger partial charge >= 0.3 is 11.4 Å².